The molecule has 3 rings (SSSR count). The van der Waals surface area contributed by atoms with Crippen molar-refractivity contribution in [3.63, 3.8) is 0 Å². The van der Waals surface area contributed by atoms with Gasteiger partial charge in [0.2, 0.25) is 0 Å². The summed E-state index contributed by atoms with van der Waals surface area (Å²) < 4.78 is 5.75. The molecule has 1 heterocycles. The Balaban J connectivity index is 1.50. The molecule has 2 aromatic rings. The van der Waals surface area contributed by atoms with E-state index in [1.54, 1.807) is 0 Å². The zero-order chi connectivity index (χ0) is 17.6. The maximum atomic E-state index is 12.3. The fraction of sp³-hybridized carbons (Fsp3) is 0.350. The highest BCUT2D eigenvalue weighted by molar-refractivity contribution is 6.30. The summed E-state index contributed by atoms with van der Waals surface area (Å²) in [4.78, 5) is 14.2. The first-order valence-corrected chi connectivity index (χ1v) is 9.01. The standard InChI is InChI=1S/C20H23ClN2O2/c1-15-10-12-23(13-11-15)20(24)22-18-6-8-19(9-7-18)25-14-16-2-4-17(21)5-3-16/h2-9,15H,10-14H2,1H3,(H,22,24). The van der Waals surface area contributed by atoms with Gasteiger partial charge in [-0.25, -0.2) is 4.79 Å². The molecular formula is C20H23ClN2O2. The summed E-state index contributed by atoms with van der Waals surface area (Å²) in [7, 11) is 0. The number of nitrogens with zero attached hydrogens (tertiary/aromatic N) is 1. The van der Waals surface area contributed by atoms with E-state index in [-0.39, 0.29) is 6.03 Å². The summed E-state index contributed by atoms with van der Waals surface area (Å²) in [6.45, 7) is 4.37. The van der Waals surface area contributed by atoms with Crippen molar-refractivity contribution in [2.24, 2.45) is 5.92 Å². The SMILES string of the molecule is CC1CCN(C(=O)Nc2ccc(OCc3ccc(Cl)cc3)cc2)CC1. The molecule has 1 fully saturated rings. The first-order chi connectivity index (χ1) is 12.1. The van der Waals surface area contributed by atoms with E-state index in [0.717, 1.165) is 42.9 Å². The maximum Gasteiger partial charge on any atom is 0.321 e. The molecular weight excluding hydrogens is 336 g/mol. The molecule has 1 N–H and O–H groups in total. The van der Waals surface area contributed by atoms with E-state index in [2.05, 4.69) is 12.2 Å². The number of hydrogen-bond donors (Lipinski definition) is 1. The molecule has 132 valence electrons. The number of hydrogen-bond acceptors (Lipinski definition) is 2. The van der Waals surface area contributed by atoms with Crippen LogP contribution in [0.2, 0.25) is 5.02 Å². The lowest BCUT2D eigenvalue weighted by Crippen LogP contribution is -2.40. The minimum absolute atomic E-state index is 0.0262. The van der Waals surface area contributed by atoms with Crippen LogP contribution < -0.4 is 10.1 Å². The van der Waals surface area contributed by atoms with Gasteiger partial charge in [0.25, 0.3) is 0 Å². The van der Waals surface area contributed by atoms with Gasteiger partial charge < -0.3 is 15.0 Å². The Bertz CT molecular complexity index is 693. The highest BCUT2D eigenvalue weighted by atomic mass is 35.5. The van der Waals surface area contributed by atoms with Crippen molar-refractivity contribution in [1.29, 1.82) is 0 Å². The zero-order valence-corrected chi connectivity index (χ0v) is 15.1. The number of carbonyl (C=O) groups excluding carboxylic acids is 1. The first kappa shape index (κ1) is 17.6. The third-order valence-electron chi connectivity index (χ3n) is 4.50. The predicted octanol–water partition coefficient (Wildman–Crippen LogP) is 5.18. The molecule has 0 aromatic heterocycles. The lowest BCUT2D eigenvalue weighted by molar-refractivity contribution is 0.186. The fourth-order valence-corrected chi connectivity index (χ4v) is 2.92. The van der Waals surface area contributed by atoms with Gasteiger partial charge in [-0.15, -0.1) is 0 Å². The van der Waals surface area contributed by atoms with Crippen LogP contribution in [0.5, 0.6) is 5.75 Å². The molecule has 0 unspecified atom stereocenters. The molecule has 25 heavy (non-hydrogen) atoms. The predicted molar refractivity (Wildman–Crippen MR) is 101 cm³/mol. The Morgan fingerprint density at radius 1 is 1.12 bits per heavy atom. The molecule has 4 nitrogen and oxygen atoms in total. The van der Waals surface area contributed by atoms with Crippen LogP contribution in [0.3, 0.4) is 0 Å². The average Bonchev–Trinajstić information content (AvgIpc) is 2.63. The number of halogens is 1. The first-order valence-electron chi connectivity index (χ1n) is 8.63. The van der Waals surface area contributed by atoms with E-state index in [0.29, 0.717) is 17.5 Å². The molecule has 1 aliphatic rings. The van der Waals surface area contributed by atoms with Crippen molar-refractivity contribution in [2.75, 3.05) is 18.4 Å². The monoisotopic (exact) mass is 358 g/mol. The van der Waals surface area contributed by atoms with Gasteiger partial charge in [-0.1, -0.05) is 30.7 Å². The van der Waals surface area contributed by atoms with E-state index in [1.807, 2.05) is 53.4 Å². The van der Waals surface area contributed by atoms with Gasteiger partial charge in [0.1, 0.15) is 12.4 Å². The van der Waals surface area contributed by atoms with Gasteiger partial charge in [-0.2, -0.15) is 0 Å². The number of benzene rings is 2. The maximum absolute atomic E-state index is 12.3. The summed E-state index contributed by atoms with van der Waals surface area (Å²) in [5.74, 6) is 1.47. The van der Waals surface area contributed by atoms with Crippen LogP contribution in [0.25, 0.3) is 0 Å². The smallest absolute Gasteiger partial charge is 0.321 e. The summed E-state index contributed by atoms with van der Waals surface area (Å²) >= 11 is 5.87. The summed E-state index contributed by atoms with van der Waals surface area (Å²) in [5.41, 5.74) is 1.84. The third-order valence-corrected chi connectivity index (χ3v) is 4.75. The summed E-state index contributed by atoms with van der Waals surface area (Å²) in [5, 5.41) is 3.67. The Labute approximate surface area is 153 Å². The fourth-order valence-electron chi connectivity index (χ4n) is 2.80. The second kappa shape index (κ2) is 8.26. The molecule has 1 saturated heterocycles. The number of urea groups is 1. The topological polar surface area (TPSA) is 41.6 Å². The quantitative estimate of drug-likeness (QED) is 0.817. The number of ether oxygens (including phenoxy) is 1. The normalized spacial score (nSPS) is 15.0. The molecule has 0 saturated carbocycles. The molecule has 5 heteroatoms. The Morgan fingerprint density at radius 2 is 1.76 bits per heavy atom. The third kappa shape index (κ3) is 5.13. The lowest BCUT2D eigenvalue weighted by Gasteiger charge is -2.30. The van der Waals surface area contributed by atoms with E-state index < -0.39 is 0 Å². The van der Waals surface area contributed by atoms with Crippen molar-refractivity contribution < 1.29 is 9.53 Å². The van der Waals surface area contributed by atoms with Crippen LogP contribution in [-0.2, 0) is 6.61 Å². The number of likely N-dealkylation sites (tertiary alicyclic amines) is 1. The van der Waals surface area contributed by atoms with Gasteiger partial charge in [-0.3, -0.25) is 0 Å². The van der Waals surface area contributed by atoms with Crippen LogP contribution >= 0.6 is 11.6 Å². The molecule has 0 spiro atoms. The Kier molecular flexibility index (Phi) is 5.82. The summed E-state index contributed by atoms with van der Waals surface area (Å²) in [6.07, 6.45) is 2.15. The van der Waals surface area contributed by atoms with Gasteiger partial charge >= 0.3 is 6.03 Å². The Morgan fingerprint density at radius 3 is 2.40 bits per heavy atom. The van der Waals surface area contributed by atoms with Crippen molar-refractivity contribution in [3.05, 3.63) is 59.1 Å². The number of carbonyl (C=O) groups is 1. The van der Waals surface area contributed by atoms with Crippen LogP contribution in [-0.4, -0.2) is 24.0 Å². The largest absolute Gasteiger partial charge is 0.489 e. The van der Waals surface area contributed by atoms with Crippen LogP contribution in [0, 0.1) is 5.92 Å². The van der Waals surface area contributed by atoms with Gasteiger partial charge in [0, 0.05) is 23.8 Å². The van der Waals surface area contributed by atoms with Crippen molar-refractivity contribution >= 4 is 23.3 Å². The molecule has 2 amide bonds. The number of piperidine rings is 1. The molecule has 0 bridgehead atoms. The second-order valence-corrected chi connectivity index (χ2v) is 6.98. The minimum Gasteiger partial charge on any atom is -0.489 e. The van der Waals surface area contributed by atoms with E-state index in [4.69, 9.17) is 16.3 Å². The molecule has 0 radical (unpaired) electrons. The molecule has 0 aliphatic carbocycles. The van der Waals surface area contributed by atoms with Gasteiger partial charge in [0.05, 0.1) is 0 Å². The van der Waals surface area contributed by atoms with Crippen LogP contribution in [0.1, 0.15) is 25.3 Å². The number of rotatable bonds is 4. The summed E-state index contributed by atoms with van der Waals surface area (Å²) in [6, 6.07) is 15.0. The van der Waals surface area contributed by atoms with E-state index in [1.165, 1.54) is 0 Å². The van der Waals surface area contributed by atoms with E-state index in [9.17, 15) is 4.79 Å². The molecule has 0 atom stereocenters. The van der Waals surface area contributed by atoms with Crippen molar-refractivity contribution in [2.45, 2.75) is 26.4 Å². The van der Waals surface area contributed by atoms with Crippen LogP contribution in [0.4, 0.5) is 10.5 Å². The van der Waals surface area contributed by atoms with Crippen LogP contribution in [0.15, 0.2) is 48.5 Å². The number of anilines is 1. The molecule has 1 aliphatic heterocycles. The van der Waals surface area contributed by atoms with Crippen molar-refractivity contribution in [1.82, 2.24) is 4.90 Å². The highest BCUT2D eigenvalue weighted by Gasteiger charge is 2.20. The minimum atomic E-state index is -0.0262. The van der Waals surface area contributed by atoms with E-state index >= 15 is 0 Å². The number of amides is 2. The zero-order valence-electron chi connectivity index (χ0n) is 14.4. The number of nitrogens with one attached hydrogen (secondary N) is 1. The van der Waals surface area contributed by atoms with Gasteiger partial charge in [0.15, 0.2) is 0 Å². The molecule has 2 aromatic carbocycles. The van der Waals surface area contributed by atoms with Gasteiger partial charge in [-0.05, 0) is 60.7 Å². The lowest BCUT2D eigenvalue weighted by atomic mass is 10.00. The second-order valence-electron chi connectivity index (χ2n) is 6.54. The van der Waals surface area contributed by atoms with Crippen molar-refractivity contribution in [3.8, 4) is 5.75 Å². The average molecular weight is 359 g/mol. The Hall–Kier alpha value is -2.20. The highest BCUT2D eigenvalue weighted by Crippen LogP contribution is 2.20.